The van der Waals surface area contributed by atoms with Crippen LogP contribution in [0.5, 0.6) is 11.6 Å². The van der Waals surface area contributed by atoms with E-state index in [1.165, 1.54) is 41.2 Å². The molecule has 0 radical (unpaired) electrons. The molecule has 1 aliphatic rings. The number of ether oxygens (including phenoxy) is 1. The topological polar surface area (TPSA) is 156 Å². The van der Waals surface area contributed by atoms with Gasteiger partial charge in [0.1, 0.15) is 17.8 Å². The highest BCUT2D eigenvalue weighted by Crippen LogP contribution is 2.32. The van der Waals surface area contributed by atoms with Gasteiger partial charge in [-0.1, -0.05) is 31.4 Å². The van der Waals surface area contributed by atoms with Gasteiger partial charge in [0.25, 0.3) is 16.9 Å². The molecule has 0 aliphatic heterocycles. The van der Waals surface area contributed by atoms with Crippen molar-refractivity contribution < 1.29 is 14.6 Å². The summed E-state index contributed by atoms with van der Waals surface area (Å²) in [5, 5.41) is 27.2. The summed E-state index contributed by atoms with van der Waals surface area (Å²) in [7, 11) is 0. The van der Waals surface area contributed by atoms with Crippen molar-refractivity contribution in [2.45, 2.75) is 38.0 Å². The highest BCUT2D eigenvalue weighted by molar-refractivity contribution is 5.85. The smallest absolute Gasteiger partial charge is 0.287 e. The van der Waals surface area contributed by atoms with Gasteiger partial charge in [-0.2, -0.15) is 9.78 Å². The lowest BCUT2D eigenvalue weighted by Gasteiger charge is -2.22. The van der Waals surface area contributed by atoms with Gasteiger partial charge >= 0.3 is 0 Å². The van der Waals surface area contributed by atoms with Gasteiger partial charge in [-0.05, 0) is 31.0 Å². The number of rotatable bonds is 7. The van der Waals surface area contributed by atoms with E-state index >= 15 is 0 Å². The Kier molecular flexibility index (Phi) is 6.85. The number of nitro groups is 2. The molecule has 0 unspecified atom stereocenters. The molecule has 0 N–H and O–H groups in total. The van der Waals surface area contributed by atoms with Crippen LogP contribution in [0.2, 0.25) is 0 Å². The first-order valence-corrected chi connectivity index (χ1v) is 12.0. The van der Waals surface area contributed by atoms with E-state index in [1.807, 2.05) is 6.07 Å². The number of aromatic nitrogens is 3. The molecular formula is C26H22N6O6. The molecule has 2 aromatic carbocycles. The van der Waals surface area contributed by atoms with E-state index in [-0.39, 0.29) is 40.0 Å². The molecular weight excluding hydrogens is 492 g/mol. The molecule has 1 fully saturated rings. The maximum Gasteiger partial charge on any atom is 0.287 e. The highest BCUT2D eigenvalue weighted by atomic mass is 16.6. The molecule has 0 amide bonds. The van der Waals surface area contributed by atoms with Gasteiger partial charge in [-0.15, -0.1) is 0 Å². The van der Waals surface area contributed by atoms with Gasteiger partial charge in [0.05, 0.1) is 27.0 Å². The first-order valence-electron chi connectivity index (χ1n) is 12.0. The summed E-state index contributed by atoms with van der Waals surface area (Å²) < 4.78 is 7.03. The minimum absolute atomic E-state index is 0.0477. The van der Waals surface area contributed by atoms with Crippen LogP contribution in [-0.4, -0.2) is 30.7 Å². The van der Waals surface area contributed by atoms with E-state index in [0.717, 1.165) is 38.3 Å². The van der Waals surface area contributed by atoms with Crippen LogP contribution in [0, 0.1) is 20.2 Å². The summed E-state index contributed by atoms with van der Waals surface area (Å²) in [5.41, 5.74) is 0.0627. The molecule has 38 heavy (non-hydrogen) atoms. The minimum Gasteiger partial charge on any atom is -0.438 e. The number of fused-ring (bicyclic) bond motifs is 1. The second kappa shape index (κ2) is 10.5. The maximum atomic E-state index is 13.5. The minimum atomic E-state index is -0.583. The fourth-order valence-corrected chi connectivity index (χ4v) is 4.49. The largest absolute Gasteiger partial charge is 0.438 e. The Morgan fingerprint density at radius 3 is 2.42 bits per heavy atom. The number of nitrogens with zero attached hydrogens (tertiary/aromatic N) is 6. The predicted molar refractivity (Wildman–Crippen MR) is 139 cm³/mol. The first kappa shape index (κ1) is 24.7. The monoisotopic (exact) mass is 514 g/mol. The number of non-ortho nitro benzene ring substituents is 1. The molecule has 0 bridgehead atoms. The van der Waals surface area contributed by atoms with E-state index in [4.69, 9.17) is 9.72 Å². The average molecular weight is 514 g/mol. The molecule has 4 aromatic rings. The number of para-hydroxylation sites is 1. The Morgan fingerprint density at radius 2 is 1.71 bits per heavy atom. The molecule has 5 rings (SSSR count). The van der Waals surface area contributed by atoms with Crippen molar-refractivity contribution in [3.63, 3.8) is 0 Å². The van der Waals surface area contributed by atoms with Gasteiger partial charge in [-0.3, -0.25) is 25.0 Å². The molecule has 2 aromatic heterocycles. The van der Waals surface area contributed by atoms with Crippen LogP contribution in [0.3, 0.4) is 0 Å². The number of nitro benzene ring substituents is 1. The zero-order valence-electron chi connectivity index (χ0n) is 20.1. The van der Waals surface area contributed by atoms with Gasteiger partial charge < -0.3 is 4.74 Å². The lowest BCUT2D eigenvalue weighted by atomic mass is 9.88. The standard InChI is InChI=1S/C26H22N6O6/c33-26-21-8-4-5-9-22(21)29-25(17-6-2-1-3-7-17)30(26)28-15-18-14-19(31(34)35)10-12-23(18)38-24-13-11-20(16-27-24)32(36)37/h4-5,8-17H,1-3,6-7H2. The summed E-state index contributed by atoms with van der Waals surface area (Å²) in [6.07, 6.45) is 7.32. The lowest BCUT2D eigenvalue weighted by Crippen LogP contribution is -2.25. The Balaban J connectivity index is 1.58. The average Bonchev–Trinajstić information content (AvgIpc) is 2.93. The van der Waals surface area contributed by atoms with Gasteiger partial charge in [0.15, 0.2) is 0 Å². The zero-order valence-corrected chi connectivity index (χ0v) is 20.1. The Morgan fingerprint density at radius 1 is 0.974 bits per heavy atom. The lowest BCUT2D eigenvalue weighted by molar-refractivity contribution is -0.385. The molecule has 12 nitrogen and oxygen atoms in total. The van der Waals surface area contributed by atoms with Crippen LogP contribution in [0.25, 0.3) is 10.9 Å². The Labute approximate surface area is 215 Å². The predicted octanol–water partition coefficient (Wildman–Crippen LogP) is 5.33. The molecule has 2 heterocycles. The number of pyridine rings is 1. The third kappa shape index (κ3) is 5.09. The van der Waals surface area contributed by atoms with E-state index < -0.39 is 9.85 Å². The van der Waals surface area contributed by atoms with Crippen molar-refractivity contribution in [1.82, 2.24) is 14.6 Å². The second-order valence-electron chi connectivity index (χ2n) is 8.88. The van der Waals surface area contributed by atoms with Crippen LogP contribution in [0.4, 0.5) is 11.4 Å². The van der Waals surface area contributed by atoms with Gasteiger partial charge in [0.2, 0.25) is 5.88 Å². The van der Waals surface area contributed by atoms with E-state index in [0.29, 0.717) is 16.7 Å². The van der Waals surface area contributed by atoms with Crippen LogP contribution >= 0.6 is 0 Å². The van der Waals surface area contributed by atoms with Crippen LogP contribution in [-0.2, 0) is 0 Å². The van der Waals surface area contributed by atoms with Crippen molar-refractivity contribution in [2.24, 2.45) is 5.10 Å². The summed E-state index contributed by atoms with van der Waals surface area (Å²) in [4.78, 5) is 43.4. The fraction of sp³-hybridized carbons (Fsp3) is 0.231. The first-order chi connectivity index (χ1) is 18.4. The molecule has 0 atom stereocenters. The van der Waals surface area contributed by atoms with Crippen LogP contribution < -0.4 is 10.3 Å². The number of hydrogen-bond acceptors (Lipinski definition) is 9. The van der Waals surface area contributed by atoms with E-state index in [9.17, 15) is 25.0 Å². The zero-order chi connectivity index (χ0) is 26.6. The summed E-state index contributed by atoms with van der Waals surface area (Å²) >= 11 is 0. The second-order valence-corrected chi connectivity index (χ2v) is 8.88. The van der Waals surface area contributed by atoms with E-state index in [2.05, 4.69) is 10.1 Å². The quantitative estimate of drug-likeness (QED) is 0.182. The molecule has 1 saturated carbocycles. The van der Waals surface area contributed by atoms with Crippen molar-refractivity contribution in [3.05, 3.63) is 103 Å². The SMILES string of the molecule is O=c1c2ccccc2nc(C2CCCCC2)n1N=Cc1cc([N+](=O)[O-])ccc1Oc1ccc([N+](=O)[O-])cn1. The van der Waals surface area contributed by atoms with Crippen LogP contribution in [0.1, 0.15) is 49.4 Å². The third-order valence-electron chi connectivity index (χ3n) is 6.41. The van der Waals surface area contributed by atoms with Crippen molar-refractivity contribution in [3.8, 4) is 11.6 Å². The molecule has 12 heteroatoms. The molecule has 0 spiro atoms. The van der Waals surface area contributed by atoms with Crippen LogP contribution in [0.15, 0.2) is 70.7 Å². The van der Waals surface area contributed by atoms with Gasteiger partial charge in [-0.25, -0.2) is 9.97 Å². The molecule has 0 saturated heterocycles. The highest BCUT2D eigenvalue weighted by Gasteiger charge is 2.22. The molecule has 192 valence electrons. The summed E-state index contributed by atoms with van der Waals surface area (Å²) in [5.74, 6) is 0.825. The Hall–Kier alpha value is -5.00. The van der Waals surface area contributed by atoms with Crippen molar-refractivity contribution in [2.75, 3.05) is 0 Å². The van der Waals surface area contributed by atoms with Gasteiger partial charge in [0, 0.05) is 35.7 Å². The molecule has 1 aliphatic carbocycles. The van der Waals surface area contributed by atoms with Crippen molar-refractivity contribution in [1.29, 1.82) is 0 Å². The summed E-state index contributed by atoms with van der Waals surface area (Å²) in [6.45, 7) is 0. The Bertz CT molecular complexity index is 1610. The number of hydrogen-bond donors (Lipinski definition) is 0. The number of benzene rings is 2. The normalized spacial score (nSPS) is 14.1. The maximum absolute atomic E-state index is 13.5. The van der Waals surface area contributed by atoms with E-state index in [1.54, 1.807) is 18.2 Å². The third-order valence-corrected chi connectivity index (χ3v) is 6.41. The fourth-order valence-electron chi connectivity index (χ4n) is 4.49. The summed E-state index contributed by atoms with van der Waals surface area (Å²) in [6, 6.07) is 13.5. The van der Waals surface area contributed by atoms with Crippen molar-refractivity contribution >= 4 is 28.5 Å².